The number of hydrogen-bond acceptors (Lipinski definition) is 11. The molecule has 16 nitrogen and oxygen atoms in total. The molecule has 0 heterocycles. The molecule has 54 heavy (non-hydrogen) atoms. The van der Waals surface area contributed by atoms with Gasteiger partial charge in [0.2, 0.25) is 17.7 Å². The van der Waals surface area contributed by atoms with Crippen LogP contribution in [0.4, 0.5) is 0 Å². The molecule has 312 valence electrons. The van der Waals surface area contributed by atoms with Gasteiger partial charge in [-0.3, -0.25) is 24.0 Å². The van der Waals surface area contributed by atoms with Gasteiger partial charge in [-0.25, -0.2) is 4.79 Å². The molecule has 0 radical (unpaired) electrons. The lowest BCUT2D eigenvalue weighted by molar-refractivity contribution is -0.142. The highest BCUT2D eigenvalue weighted by atomic mass is 16.5. The largest absolute Gasteiger partial charge is 0.480 e. The zero-order valence-corrected chi connectivity index (χ0v) is 32.7. The highest BCUT2D eigenvalue weighted by molar-refractivity contribution is 5.84. The lowest BCUT2D eigenvalue weighted by Gasteiger charge is -2.14. The van der Waals surface area contributed by atoms with Gasteiger partial charge < -0.3 is 40.0 Å². The van der Waals surface area contributed by atoms with Gasteiger partial charge in [0.15, 0.2) is 5.78 Å². The molecule has 0 fully saturated rings. The Bertz CT molecular complexity index is 1030. The SMILES string of the molecule is CC(=O)COCCOCCNC(=O)COCCOCCNC(=O)CC[C@H](NC(=O)CCCCCCCCCCCCCCCCCCC(=O)N=O)C(=O)O. The first kappa shape index (κ1) is 50.7. The Labute approximate surface area is 321 Å². The van der Waals surface area contributed by atoms with Gasteiger partial charge >= 0.3 is 5.97 Å². The Morgan fingerprint density at radius 3 is 1.41 bits per heavy atom. The molecule has 0 saturated carbocycles. The van der Waals surface area contributed by atoms with Crippen molar-refractivity contribution in [2.24, 2.45) is 5.18 Å². The molecule has 0 bridgehead atoms. The number of Topliss-reactive ketones (excluding diaryl/α,β-unsaturated/α-hetero) is 1. The fraction of sp³-hybridized carbons (Fsp3) is 0.842. The van der Waals surface area contributed by atoms with E-state index >= 15 is 0 Å². The zero-order chi connectivity index (χ0) is 39.9. The van der Waals surface area contributed by atoms with E-state index < -0.39 is 17.9 Å². The average molecular weight is 773 g/mol. The monoisotopic (exact) mass is 772 g/mol. The number of amides is 4. The van der Waals surface area contributed by atoms with Crippen LogP contribution < -0.4 is 16.0 Å². The summed E-state index contributed by atoms with van der Waals surface area (Å²) in [6, 6.07) is -1.13. The summed E-state index contributed by atoms with van der Waals surface area (Å²) in [5.74, 6) is -2.74. The molecule has 0 aliphatic carbocycles. The minimum Gasteiger partial charge on any atom is -0.480 e. The molecule has 0 rings (SSSR count). The Kier molecular flexibility index (Phi) is 35.6. The summed E-state index contributed by atoms with van der Waals surface area (Å²) in [6.45, 7) is 3.46. The van der Waals surface area contributed by atoms with Crippen molar-refractivity contribution in [3.8, 4) is 0 Å². The number of nitroso groups, excluding NO2 is 1. The van der Waals surface area contributed by atoms with E-state index in [2.05, 4.69) is 21.1 Å². The maximum atomic E-state index is 12.3. The fourth-order valence-electron chi connectivity index (χ4n) is 5.37. The van der Waals surface area contributed by atoms with Gasteiger partial charge in [-0.15, -0.1) is 4.91 Å². The summed E-state index contributed by atoms with van der Waals surface area (Å²) >= 11 is 0. The van der Waals surface area contributed by atoms with E-state index in [4.69, 9.17) is 18.9 Å². The predicted molar refractivity (Wildman–Crippen MR) is 203 cm³/mol. The van der Waals surface area contributed by atoms with Crippen molar-refractivity contribution in [2.45, 2.75) is 141 Å². The lowest BCUT2D eigenvalue weighted by Crippen LogP contribution is -2.41. The second kappa shape index (κ2) is 38.0. The average Bonchev–Trinajstić information content (AvgIpc) is 3.14. The van der Waals surface area contributed by atoms with E-state index in [-0.39, 0.29) is 88.8 Å². The maximum absolute atomic E-state index is 12.3. The Balaban J connectivity index is 3.64. The Hall–Kier alpha value is -3.34. The Morgan fingerprint density at radius 2 is 0.944 bits per heavy atom. The molecule has 0 aromatic carbocycles. The molecular formula is C38H68N4O12. The molecule has 0 saturated heterocycles. The third-order valence-corrected chi connectivity index (χ3v) is 8.36. The molecule has 0 aromatic rings. The van der Waals surface area contributed by atoms with Crippen molar-refractivity contribution in [1.82, 2.24) is 16.0 Å². The fourth-order valence-corrected chi connectivity index (χ4v) is 5.37. The second-order valence-corrected chi connectivity index (χ2v) is 13.4. The van der Waals surface area contributed by atoms with Crippen LogP contribution in [0.1, 0.15) is 135 Å². The van der Waals surface area contributed by atoms with Crippen LogP contribution in [-0.2, 0) is 47.7 Å². The molecule has 16 heteroatoms. The summed E-state index contributed by atoms with van der Waals surface area (Å²) in [5.41, 5.74) is 0. The second-order valence-electron chi connectivity index (χ2n) is 13.4. The number of carbonyl (C=O) groups excluding carboxylic acids is 5. The standard InChI is InChI=1S/C38H68N4O12/c1-32(43)30-53-28-26-52-25-23-40-37(47)31-54-29-27-51-24-22-39-34(44)21-20-33(38(48)49)41-35(45)18-16-14-12-10-8-6-4-2-3-5-7-9-11-13-15-17-19-36(46)42-50/h33H,2-31H2,1H3,(H,39,44)(H,40,47)(H,41,45)(H,48,49)/t33-/m0/s1. The number of nitrogens with one attached hydrogen (secondary N) is 3. The summed E-state index contributed by atoms with van der Waals surface area (Å²) in [5, 5.41) is 19.7. The highest BCUT2D eigenvalue weighted by Gasteiger charge is 2.20. The third kappa shape index (κ3) is 37.0. The minimum absolute atomic E-state index is 0.0160. The minimum atomic E-state index is -1.18. The lowest BCUT2D eigenvalue weighted by atomic mass is 10.0. The van der Waals surface area contributed by atoms with Crippen LogP contribution >= 0.6 is 0 Å². The van der Waals surface area contributed by atoms with Crippen molar-refractivity contribution in [1.29, 1.82) is 0 Å². The molecule has 4 amide bonds. The number of hydrogen-bond donors (Lipinski definition) is 4. The van der Waals surface area contributed by atoms with Gasteiger partial charge in [-0.1, -0.05) is 89.9 Å². The van der Waals surface area contributed by atoms with Crippen LogP contribution in [-0.4, -0.2) is 112 Å². The van der Waals surface area contributed by atoms with Crippen molar-refractivity contribution in [2.75, 3.05) is 65.9 Å². The van der Waals surface area contributed by atoms with Crippen molar-refractivity contribution >= 4 is 35.4 Å². The zero-order valence-electron chi connectivity index (χ0n) is 32.7. The topological polar surface area (TPSA) is 225 Å². The molecule has 0 aliphatic heterocycles. The van der Waals surface area contributed by atoms with Crippen molar-refractivity contribution in [3.63, 3.8) is 0 Å². The molecule has 1 atom stereocenters. The van der Waals surface area contributed by atoms with Gasteiger partial charge in [0.25, 0.3) is 5.91 Å². The smallest absolute Gasteiger partial charge is 0.326 e. The Morgan fingerprint density at radius 1 is 0.519 bits per heavy atom. The first-order chi connectivity index (χ1) is 26.1. The predicted octanol–water partition coefficient (Wildman–Crippen LogP) is 4.54. The van der Waals surface area contributed by atoms with Gasteiger partial charge in [0.1, 0.15) is 19.3 Å². The van der Waals surface area contributed by atoms with E-state index in [1.165, 1.54) is 64.7 Å². The van der Waals surface area contributed by atoms with Gasteiger partial charge in [-0.05, 0) is 26.2 Å². The number of carbonyl (C=O) groups is 6. The molecule has 0 unspecified atom stereocenters. The van der Waals surface area contributed by atoms with E-state index in [1.54, 1.807) is 0 Å². The van der Waals surface area contributed by atoms with Crippen LogP contribution in [0, 0.1) is 4.91 Å². The van der Waals surface area contributed by atoms with Crippen LogP contribution in [0.25, 0.3) is 0 Å². The number of rotatable bonds is 40. The molecule has 0 aliphatic rings. The van der Waals surface area contributed by atoms with E-state index in [1.807, 2.05) is 0 Å². The number of ether oxygens (including phenoxy) is 4. The number of aliphatic carboxylic acids is 1. The van der Waals surface area contributed by atoms with Gasteiger partial charge in [0.05, 0.1) is 39.6 Å². The molecular weight excluding hydrogens is 704 g/mol. The number of ketones is 1. The highest BCUT2D eigenvalue weighted by Crippen LogP contribution is 2.14. The summed E-state index contributed by atoms with van der Waals surface area (Å²) in [7, 11) is 0. The van der Waals surface area contributed by atoms with Crippen molar-refractivity contribution < 1.29 is 52.8 Å². The first-order valence-corrected chi connectivity index (χ1v) is 19.9. The van der Waals surface area contributed by atoms with Crippen LogP contribution in [0.3, 0.4) is 0 Å². The van der Waals surface area contributed by atoms with Crippen molar-refractivity contribution in [3.05, 3.63) is 4.91 Å². The molecule has 4 N–H and O–H groups in total. The van der Waals surface area contributed by atoms with Gasteiger partial charge in [-0.2, -0.15) is 0 Å². The van der Waals surface area contributed by atoms with Crippen LogP contribution in [0.2, 0.25) is 0 Å². The third-order valence-electron chi connectivity index (χ3n) is 8.36. The maximum Gasteiger partial charge on any atom is 0.326 e. The number of nitrogens with zero attached hydrogens (tertiary/aromatic N) is 1. The number of unbranched alkanes of at least 4 members (excludes halogenated alkanes) is 15. The van der Waals surface area contributed by atoms with E-state index in [0.29, 0.717) is 32.8 Å². The quantitative estimate of drug-likeness (QED) is 0.0498. The number of carboxylic acid groups (broad SMARTS) is 1. The van der Waals surface area contributed by atoms with Crippen LogP contribution in [0.15, 0.2) is 5.18 Å². The van der Waals surface area contributed by atoms with E-state index in [9.17, 15) is 38.8 Å². The van der Waals surface area contributed by atoms with Gasteiger partial charge in [0, 0.05) is 37.5 Å². The van der Waals surface area contributed by atoms with Crippen LogP contribution in [0.5, 0.6) is 0 Å². The summed E-state index contributed by atoms with van der Waals surface area (Å²) in [6.07, 6.45) is 18.1. The normalized spacial score (nSPS) is 11.5. The van der Waals surface area contributed by atoms with E-state index in [0.717, 1.165) is 38.5 Å². The molecule has 0 spiro atoms. The number of carboxylic acids is 1. The summed E-state index contributed by atoms with van der Waals surface area (Å²) < 4.78 is 20.9. The molecule has 0 aromatic heterocycles. The first-order valence-electron chi connectivity index (χ1n) is 19.9. The summed E-state index contributed by atoms with van der Waals surface area (Å²) in [4.78, 5) is 79.4.